The van der Waals surface area contributed by atoms with Crippen molar-refractivity contribution in [2.45, 2.75) is 44.8 Å². The quantitative estimate of drug-likeness (QED) is 0.159. The molecule has 0 fully saturated rings. The maximum absolute atomic E-state index is 11.6. The third-order valence-electron chi connectivity index (χ3n) is 4.83. The van der Waals surface area contributed by atoms with Crippen LogP contribution in [-0.4, -0.2) is 37.1 Å². The minimum absolute atomic E-state index is 0.159. The fraction of sp³-hybridized carbons (Fsp3) is 0.346. The molecule has 3 aromatic carbocycles. The van der Waals surface area contributed by atoms with E-state index in [0.29, 0.717) is 18.8 Å². The number of fused-ring (bicyclic) bond motifs is 2. The Labute approximate surface area is 188 Å². The first-order chi connectivity index (χ1) is 14.9. The standard InChI is InChI=1S/C26H30O4S/c1-6-31-22-12-11-21-13-20-9-7-8-10-23(20)25(24(21)14-22)29-15-18(4)28-16-19(5)30-26(27)17(2)3/h7-14,18-19H,2,6,15-16H2,1,3-5H3. The zero-order valence-electron chi connectivity index (χ0n) is 18.6. The van der Waals surface area contributed by atoms with Gasteiger partial charge in [0.15, 0.2) is 0 Å². The van der Waals surface area contributed by atoms with Crippen molar-refractivity contribution in [1.29, 1.82) is 0 Å². The van der Waals surface area contributed by atoms with E-state index in [4.69, 9.17) is 14.2 Å². The van der Waals surface area contributed by atoms with Gasteiger partial charge in [0.25, 0.3) is 0 Å². The molecular formula is C26H30O4S. The van der Waals surface area contributed by atoms with E-state index in [1.54, 1.807) is 13.8 Å². The van der Waals surface area contributed by atoms with Crippen LogP contribution >= 0.6 is 11.8 Å². The first-order valence-corrected chi connectivity index (χ1v) is 11.6. The number of thioether (sulfide) groups is 1. The molecule has 5 heteroatoms. The monoisotopic (exact) mass is 438 g/mol. The van der Waals surface area contributed by atoms with Gasteiger partial charge in [-0.1, -0.05) is 43.8 Å². The van der Waals surface area contributed by atoms with Gasteiger partial charge in [-0.05, 0) is 55.5 Å². The highest BCUT2D eigenvalue weighted by molar-refractivity contribution is 7.99. The van der Waals surface area contributed by atoms with Gasteiger partial charge in [-0.15, -0.1) is 11.8 Å². The zero-order chi connectivity index (χ0) is 22.4. The molecule has 0 aliphatic heterocycles. The van der Waals surface area contributed by atoms with Crippen LogP contribution < -0.4 is 4.74 Å². The summed E-state index contributed by atoms with van der Waals surface area (Å²) in [6, 6.07) is 17.0. The predicted octanol–water partition coefficient (Wildman–Crippen LogP) is 6.40. The third-order valence-corrected chi connectivity index (χ3v) is 5.71. The van der Waals surface area contributed by atoms with E-state index in [-0.39, 0.29) is 12.2 Å². The smallest absolute Gasteiger partial charge is 0.333 e. The SMILES string of the molecule is C=C(C)C(=O)OC(C)COC(C)COc1c2ccccc2cc2ccc(SCC)cc12. The molecule has 0 spiro atoms. The Morgan fingerprint density at radius 3 is 2.48 bits per heavy atom. The summed E-state index contributed by atoms with van der Waals surface area (Å²) in [6.07, 6.45) is -0.508. The van der Waals surface area contributed by atoms with Crippen molar-refractivity contribution >= 4 is 39.3 Å². The summed E-state index contributed by atoms with van der Waals surface area (Å²) in [4.78, 5) is 12.9. The lowest BCUT2D eigenvalue weighted by Gasteiger charge is -2.20. The Morgan fingerprint density at radius 1 is 1.00 bits per heavy atom. The lowest BCUT2D eigenvalue weighted by atomic mass is 10.0. The van der Waals surface area contributed by atoms with Crippen LogP contribution in [0.5, 0.6) is 5.75 Å². The molecule has 0 amide bonds. The summed E-state index contributed by atoms with van der Waals surface area (Å²) in [5.74, 6) is 1.50. The van der Waals surface area contributed by atoms with E-state index in [1.165, 1.54) is 4.90 Å². The Kier molecular flexibility index (Phi) is 7.99. The predicted molar refractivity (Wildman–Crippen MR) is 129 cm³/mol. The largest absolute Gasteiger partial charge is 0.490 e. The van der Waals surface area contributed by atoms with Gasteiger partial charge in [0, 0.05) is 21.2 Å². The molecule has 0 N–H and O–H groups in total. The molecule has 164 valence electrons. The minimum Gasteiger partial charge on any atom is -0.490 e. The van der Waals surface area contributed by atoms with Crippen LogP contribution in [0.15, 0.2) is 65.6 Å². The number of carbonyl (C=O) groups excluding carboxylic acids is 1. The minimum atomic E-state index is -0.400. The number of hydrogen-bond donors (Lipinski definition) is 0. The Bertz CT molecular complexity index is 1080. The van der Waals surface area contributed by atoms with Crippen molar-refractivity contribution in [3.63, 3.8) is 0 Å². The van der Waals surface area contributed by atoms with Gasteiger partial charge in [-0.3, -0.25) is 0 Å². The highest BCUT2D eigenvalue weighted by Gasteiger charge is 2.15. The first kappa shape index (κ1) is 23.2. The summed E-state index contributed by atoms with van der Waals surface area (Å²) >= 11 is 1.82. The van der Waals surface area contributed by atoms with Crippen LogP contribution in [0.4, 0.5) is 0 Å². The van der Waals surface area contributed by atoms with Crippen LogP contribution in [-0.2, 0) is 14.3 Å². The van der Waals surface area contributed by atoms with Gasteiger partial charge in [0.05, 0.1) is 12.7 Å². The number of benzene rings is 3. The lowest BCUT2D eigenvalue weighted by molar-refractivity contribution is -0.147. The molecule has 0 radical (unpaired) electrons. The van der Waals surface area contributed by atoms with Crippen molar-refractivity contribution in [3.05, 3.63) is 60.7 Å². The number of rotatable bonds is 10. The topological polar surface area (TPSA) is 44.8 Å². The Balaban J connectivity index is 1.75. The van der Waals surface area contributed by atoms with Crippen molar-refractivity contribution in [3.8, 4) is 5.75 Å². The highest BCUT2D eigenvalue weighted by Crippen LogP contribution is 2.37. The molecule has 0 aliphatic rings. The summed E-state index contributed by atoms with van der Waals surface area (Å²) in [7, 11) is 0. The summed E-state index contributed by atoms with van der Waals surface area (Å²) < 4.78 is 17.4. The summed E-state index contributed by atoms with van der Waals surface area (Å²) in [5, 5.41) is 4.50. The van der Waals surface area contributed by atoms with Gasteiger partial charge >= 0.3 is 5.97 Å². The molecule has 0 saturated carbocycles. The first-order valence-electron chi connectivity index (χ1n) is 10.6. The fourth-order valence-corrected chi connectivity index (χ4v) is 3.98. The normalized spacial score (nSPS) is 13.2. The molecule has 3 rings (SSSR count). The van der Waals surface area contributed by atoms with E-state index in [2.05, 4.69) is 49.9 Å². The van der Waals surface area contributed by atoms with Crippen LogP contribution in [0.3, 0.4) is 0 Å². The second-order valence-electron chi connectivity index (χ2n) is 7.69. The molecule has 3 aromatic rings. The summed E-state index contributed by atoms with van der Waals surface area (Å²) in [6.45, 7) is 11.8. The zero-order valence-corrected chi connectivity index (χ0v) is 19.5. The van der Waals surface area contributed by atoms with Gasteiger partial charge in [-0.2, -0.15) is 0 Å². The molecule has 0 saturated heterocycles. The van der Waals surface area contributed by atoms with Crippen molar-refractivity contribution in [1.82, 2.24) is 0 Å². The molecule has 0 heterocycles. The molecule has 31 heavy (non-hydrogen) atoms. The molecular weight excluding hydrogens is 408 g/mol. The Morgan fingerprint density at radius 2 is 1.74 bits per heavy atom. The molecule has 0 aromatic heterocycles. The summed E-state index contributed by atoms with van der Waals surface area (Å²) in [5.41, 5.74) is 0.381. The van der Waals surface area contributed by atoms with Crippen LogP contribution in [0.2, 0.25) is 0 Å². The van der Waals surface area contributed by atoms with E-state index in [1.807, 2.05) is 30.8 Å². The third kappa shape index (κ3) is 6.02. The fourth-order valence-electron chi connectivity index (χ4n) is 3.28. The number of ether oxygens (including phenoxy) is 3. The molecule has 4 nitrogen and oxygen atoms in total. The van der Waals surface area contributed by atoms with Crippen molar-refractivity contribution < 1.29 is 19.0 Å². The molecule has 0 aliphatic carbocycles. The average molecular weight is 439 g/mol. The van der Waals surface area contributed by atoms with Crippen LogP contribution in [0.25, 0.3) is 21.5 Å². The van der Waals surface area contributed by atoms with E-state index in [0.717, 1.165) is 33.0 Å². The average Bonchev–Trinajstić information content (AvgIpc) is 2.75. The van der Waals surface area contributed by atoms with E-state index in [9.17, 15) is 4.79 Å². The van der Waals surface area contributed by atoms with E-state index < -0.39 is 5.97 Å². The maximum atomic E-state index is 11.6. The molecule has 2 atom stereocenters. The van der Waals surface area contributed by atoms with Gasteiger partial charge < -0.3 is 14.2 Å². The van der Waals surface area contributed by atoms with E-state index >= 15 is 0 Å². The second kappa shape index (κ2) is 10.7. The maximum Gasteiger partial charge on any atom is 0.333 e. The number of carbonyl (C=O) groups is 1. The number of hydrogen-bond acceptors (Lipinski definition) is 5. The van der Waals surface area contributed by atoms with Gasteiger partial charge in [0.2, 0.25) is 0 Å². The second-order valence-corrected chi connectivity index (χ2v) is 9.03. The number of esters is 1. The Hall–Kier alpha value is -2.50. The van der Waals surface area contributed by atoms with Crippen molar-refractivity contribution in [2.24, 2.45) is 0 Å². The van der Waals surface area contributed by atoms with Gasteiger partial charge in [0.1, 0.15) is 18.5 Å². The lowest BCUT2D eigenvalue weighted by Crippen LogP contribution is -2.26. The molecule has 2 unspecified atom stereocenters. The van der Waals surface area contributed by atoms with Crippen LogP contribution in [0, 0.1) is 0 Å². The van der Waals surface area contributed by atoms with Crippen LogP contribution in [0.1, 0.15) is 27.7 Å². The highest BCUT2D eigenvalue weighted by atomic mass is 32.2. The van der Waals surface area contributed by atoms with Gasteiger partial charge in [-0.25, -0.2) is 4.79 Å². The van der Waals surface area contributed by atoms with Crippen molar-refractivity contribution in [2.75, 3.05) is 19.0 Å². The molecule has 0 bridgehead atoms.